The van der Waals surface area contributed by atoms with Crippen LogP contribution in [0.25, 0.3) is 0 Å². The minimum absolute atomic E-state index is 0.0135. The molecule has 6 unspecified atom stereocenters. The monoisotopic (exact) mass is 564 g/mol. The van der Waals surface area contributed by atoms with Crippen LogP contribution in [-0.4, -0.2) is 46.5 Å². The maximum atomic E-state index is 14.6. The molecular formula is C34H44O5S. The summed E-state index contributed by atoms with van der Waals surface area (Å²) in [6.45, 7) is 12.8. The number of aliphatic hydroxyl groups excluding tert-OH is 1. The first kappa shape index (κ1) is 28.4. The fraction of sp³-hybridized carbons (Fsp3) is 0.647. The summed E-state index contributed by atoms with van der Waals surface area (Å²) >= 11 is 1.62. The van der Waals surface area contributed by atoms with Gasteiger partial charge in [-0.25, -0.2) is 0 Å². The van der Waals surface area contributed by atoms with Crippen LogP contribution in [0, 0.1) is 49.4 Å². The van der Waals surface area contributed by atoms with Gasteiger partial charge in [-0.05, 0) is 88.0 Å². The maximum Gasteiger partial charge on any atom is 0.178 e. The van der Waals surface area contributed by atoms with Crippen LogP contribution in [0.15, 0.2) is 40.8 Å². The van der Waals surface area contributed by atoms with E-state index >= 15 is 0 Å². The van der Waals surface area contributed by atoms with E-state index < -0.39 is 17.1 Å². The lowest BCUT2D eigenvalue weighted by atomic mass is 9.46. The SMILES string of the molecule is CCCC1O[C@@H]2CC3C4CCC5=CC(=O)C=CC5(C)C4[C@@H](O)CC3(C)[C@]2(C(=O)CSc2c(C)cc(C)cc2C)O1. The van der Waals surface area contributed by atoms with E-state index in [4.69, 9.17) is 9.47 Å². The molecule has 1 N–H and O–H groups in total. The number of Topliss-reactive ketones (excluding diaryl/α,β-unsaturated/α-hetero) is 1. The molecule has 1 aromatic rings. The fourth-order valence-corrected chi connectivity index (χ4v) is 10.7. The molecule has 4 aliphatic carbocycles. The van der Waals surface area contributed by atoms with E-state index in [0.717, 1.165) is 42.6 Å². The molecule has 1 heterocycles. The standard InChI is InChI=1S/C34H44O5S/c1-7-8-29-38-28-16-25-24-10-9-22-15-23(35)11-12-32(22,5)30(24)26(36)17-33(25,6)34(28,39-29)27(37)18-40-31-20(3)13-19(2)14-21(31)4/h11-15,24-26,28-30,36H,7-10,16-18H2,1-6H3/t24?,25?,26-,28+,29?,30?,32?,33?,34+/m0/s1. The average molecular weight is 565 g/mol. The molecule has 3 saturated carbocycles. The molecule has 5 aliphatic rings. The van der Waals surface area contributed by atoms with Crippen LogP contribution in [0.1, 0.15) is 76.0 Å². The lowest BCUT2D eigenvalue weighted by Crippen LogP contribution is -2.63. The number of thioether (sulfide) groups is 1. The summed E-state index contributed by atoms with van der Waals surface area (Å²) in [5, 5.41) is 11.9. The Morgan fingerprint density at radius 1 is 1.18 bits per heavy atom. The molecule has 6 heteroatoms. The Balaban J connectivity index is 1.35. The van der Waals surface area contributed by atoms with Crippen LogP contribution in [0.2, 0.25) is 0 Å². The molecule has 6 rings (SSSR count). The van der Waals surface area contributed by atoms with Crippen LogP contribution in [-0.2, 0) is 19.1 Å². The molecule has 40 heavy (non-hydrogen) atoms. The zero-order chi connectivity index (χ0) is 28.6. The van der Waals surface area contributed by atoms with Gasteiger partial charge in [-0.1, -0.05) is 56.5 Å². The predicted octanol–water partition coefficient (Wildman–Crippen LogP) is 6.44. The molecular weight excluding hydrogens is 520 g/mol. The van der Waals surface area contributed by atoms with Gasteiger partial charge in [0.1, 0.15) is 0 Å². The molecule has 0 spiro atoms. The highest BCUT2D eigenvalue weighted by molar-refractivity contribution is 8.00. The van der Waals surface area contributed by atoms with E-state index in [9.17, 15) is 14.7 Å². The van der Waals surface area contributed by atoms with E-state index in [1.54, 1.807) is 23.9 Å². The van der Waals surface area contributed by atoms with Gasteiger partial charge < -0.3 is 14.6 Å². The first-order chi connectivity index (χ1) is 18.9. The summed E-state index contributed by atoms with van der Waals surface area (Å²) in [5.74, 6) is 0.915. The van der Waals surface area contributed by atoms with Crippen LogP contribution in [0.3, 0.4) is 0 Å². The van der Waals surface area contributed by atoms with Gasteiger partial charge in [0.15, 0.2) is 23.5 Å². The quantitative estimate of drug-likeness (QED) is 0.401. The number of aryl methyl sites for hydroxylation is 3. The van der Waals surface area contributed by atoms with Crippen molar-refractivity contribution in [2.24, 2.45) is 28.6 Å². The van der Waals surface area contributed by atoms with Crippen molar-refractivity contribution in [2.75, 3.05) is 5.75 Å². The Labute approximate surface area is 243 Å². The van der Waals surface area contributed by atoms with Crippen molar-refractivity contribution < 1.29 is 24.2 Å². The van der Waals surface area contributed by atoms with Gasteiger partial charge in [-0.3, -0.25) is 9.59 Å². The third kappa shape index (κ3) is 4.00. The van der Waals surface area contributed by atoms with Gasteiger partial charge in [0.2, 0.25) is 0 Å². The smallest absolute Gasteiger partial charge is 0.178 e. The first-order valence-electron chi connectivity index (χ1n) is 15.1. The first-order valence-corrected chi connectivity index (χ1v) is 16.1. The summed E-state index contributed by atoms with van der Waals surface area (Å²) in [5.41, 5.74) is 2.84. The van der Waals surface area contributed by atoms with Crippen molar-refractivity contribution in [1.29, 1.82) is 0 Å². The summed E-state index contributed by atoms with van der Waals surface area (Å²) in [7, 11) is 0. The Kier molecular flexibility index (Phi) is 7.05. The highest BCUT2D eigenvalue weighted by atomic mass is 32.2. The Morgan fingerprint density at radius 3 is 2.60 bits per heavy atom. The van der Waals surface area contributed by atoms with E-state index in [2.05, 4.69) is 53.7 Å². The van der Waals surface area contributed by atoms with Crippen LogP contribution in [0.5, 0.6) is 0 Å². The van der Waals surface area contributed by atoms with Gasteiger partial charge in [0.25, 0.3) is 0 Å². The van der Waals surface area contributed by atoms with Gasteiger partial charge in [-0.2, -0.15) is 0 Å². The molecule has 216 valence electrons. The number of rotatable bonds is 6. The van der Waals surface area contributed by atoms with Crippen molar-refractivity contribution in [2.45, 2.75) is 109 Å². The normalized spacial score (nSPS) is 41.7. The number of ether oxygens (including phenoxy) is 2. The number of fused-ring (bicyclic) bond motifs is 7. The second kappa shape index (κ2) is 9.93. The van der Waals surface area contributed by atoms with Crippen LogP contribution in [0.4, 0.5) is 0 Å². The summed E-state index contributed by atoms with van der Waals surface area (Å²) in [6, 6.07) is 4.36. The molecule has 0 aromatic heterocycles. The number of hydrogen-bond acceptors (Lipinski definition) is 6. The Bertz CT molecular complexity index is 1280. The summed E-state index contributed by atoms with van der Waals surface area (Å²) < 4.78 is 13.4. The topological polar surface area (TPSA) is 72.8 Å². The number of carbonyl (C=O) groups excluding carboxylic acids is 2. The fourth-order valence-electron chi connectivity index (χ4n) is 9.64. The van der Waals surface area contributed by atoms with E-state index in [0.29, 0.717) is 12.2 Å². The average Bonchev–Trinajstić information content (AvgIpc) is 3.35. The second-order valence-corrected chi connectivity index (χ2v) is 14.6. The molecule has 4 fully saturated rings. The molecule has 1 aromatic carbocycles. The minimum atomic E-state index is -1.06. The third-order valence-electron chi connectivity index (χ3n) is 11.2. The van der Waals surface area contributed by atoms with Gasteiger partial charge in [-0.15, -0.1) is 11.8 Å². The summed E-state index contributed by atoms with van der Waals surface area (Å²) in [4.78, 5) is 27.9. The largest absolute Gasteiger partial charge is 0.393 e. The van der Waals surface area contributed by atoms with Crippen molar-refractivity contribution in [3.63, 3.8) is 0 Å². The molecule has 0 amide bonds. The Morgan fingerprint density at radius 2 is 1.90 bits per heavy atom. The highest BCUT2D eigenvalue weighted by Gasteiger charge is 2.75. The van der Waals surface area contributed by atoms with Crippen molar-refractivity contribution >= 4 is 23.3 Å². The lowest BCUT2D eigenvalue weighted by Gasteiger charge is -2.59. The lowest BCUT2D eigenvalue weighted by molar-refractivity contribution is -0.197. The molecule has 9 atom stereocenters. The summed E-state index contributed by atoms with van der Waals surface area (Å²) in [6.07, 6.45) is 8.95. The van der Waals surface area contributed by atoms with Gasteiger partial charge >= 0.3 is 0 Å². The Hall–Kier alpha value is -1.73. The molecule has 5 nitrogen and oxygen atoms in total. The number of hydrogen-bond donors (Lipinski definition) is 1. The van der Waals surface area contributed by atoms with E-state index in [-0.39, 0.29) is 47.1 Å². The molecule has 1 saturated heterocycles. The number of ketones is 2. The predicted molar refractivity (Wildman–Crippen MR) is 157 cm³/mol. The number of allylic oxidation sites excluding steroid dienone is 4. The minimum Gasteiger partial charge on any atom is -0.393 e. The van der Waals surface area contributed by atoms with Gasteiger partial charge in [0, 0.05) is 21.6 Å². The van der Waals surface area contributed by atoms with E-state index in [1.165, 1.54) is 16.7 Å². The van der Waals surface area contributed by atoms with Crippen molar-refractivity contribution in [3.05, 3.63) is 52.6 Å². The molecule has 0 radical (unpaired) electrons. The second-order valence-electron chi connectivity index (χ2n) is 13.6. The van der Waals surface area contributed by atoms with E-state index in [1.807, 2.05) is 6.08 Å². The zero-order valence-electron chi connectivity index (χ0n) is 24.8. The van der Waals surface area contributed by atoms with Gasteiger partial charge in [0.05, 0.1) is 18.0 Å². The van der Waals surface area contributed by atoms with Crippen molar-refractivity contribution in [1.82, 2.24) is 0 Å². The molecule has 1 aliphatic heterocycles. The zero-order valence-corrected chi connectivity index (χ0v) is 25.6. The molecule has 0 bridgehead atoms. The van der Waals surface area contributed by atoms with Crippen LogP contribution < -0.4 is 0 Å². The van der Waals surface area contributed by atoms with Crippen molar-refractivity contribution in [3.8, 4) is 0 Å². The number of benzene rings is 1. The van der Waals surface area contributed by atoms with Crippen LogP contribution >= 0.6 is 11.8 Å². The number of carbonyl (C=O) groups is 2. The third-order valence-corrected chi connectivity index (χ3v) is 12.5. The number of aliphatic hydroxyl groups is 1. The maximum absolute atomic E-state index is 14.6. The highest BCUT2D eigenvalue weighted by Crippen LogP contribution is 2.69.